The molecule has 1 N–H and O–H groups in total. The minimum Gasteiger partial charge on any atom is -0.493 e. The van der Waals surface area contributed by atoms with E-state index in [9.17, 15) is 9.59 Å². The number of methoxy groups -OCH3 is 2. The van der Waals surface area contributed by atoms with Crippen LogP contribution in [0.4, 0.5) is 0 Å². The van der Waals surface area contributed by atoms with E-state index in [1.54, 1.807) is 30.2 Å². The van der Waals surface area contributed by atoms with Crippen LogP contribution in [0.25, 0.3) is 0 Å². The van der Waals surface area contributed by atoms with Crippen LogP contribution in [0, 0.1) is 0 Å². The minimum absolute atomic E-state index is 0.0765. The topological polar surface area (TPSA) is 67.9 Å². The molecule has 0 radical (unpaired) electrons. The average molecular weight is 306 g/mol. The quantitative estimate of drug-likeness (QED) is 0.894. The van der Waals surface area contributed by atoms with E-state index < -0.39 is 0 Å². The molecule has 2 rings (SSSR count). The molecule has 1 aromatic carbocycles. The van der Waals surface area contributed by atoms with Crippen LogP contribution in [-0.4, -0.2) is 49.6 Å². The lowest BCUT2D eigenvalue weighted by atomic mass is 10.1. The second kappa shape index (κ2) is 6.68. The molecule has 22 heavy (non-hydrogen) atoms. The highest BCUT2D eigenvalue weighted by molar-refractivity contribution is 5.95. The maximum Gasteiger partial charge on any atom is 0.251 e. The van der Waals surface area contributed by atoms with Gasteiger partial charge in [-0.1, -0.05) is 0 Å². The summed E-state index contributed by atoms with van der Waals surface area (Å²) in [5.41, 5.74) is 0.480. The Morgan fingerprint density at radius 2 is 1.95 bits per heavy atom. The van der Waals surface area contributed by atoms with Crippen LogP contribution in [0.1, 0.15) is 30.6 Å². The summed E-state index contributed by atoms with van der Waals surface area (Å²) in [5.74, 6) is 0.930. The van der Waals surface area contributed by atoms with Crippen LogP contribution >= 0.6 is 0 Å². The number of carbonyl (C=O) groups excluding carboxylic acids is 2. The monoisotopic (exact) mass is 306 g/mol. The second-order valence-corrected chi connectivity index (χ2v) is 5.58. The number of nitrogens with one attached hydrogen (secondary N) is 1. The van der Waals surface area contributed by atoms with E-state index in [-0.39, 0.29) is 23.9 Å². The van der Waals surface area contributed by atoms with Crippen molar-refractivity contribution in [3.8, 4) is 11.5 Å². The highest BCUT2D eigenvalue weighted by Gasteiger charge is 2.32. The van der Waals surface area contributed by atoms with Gasteiger partial charge in [0.1, 0.15) is 0 Å². The molecule has 1 heterocycles. The molecule has 1 aliphatic rings. The number of likely N-dealkylation sites (tertiary alicyclic amines) is 1. The van der Waals surface area contributed by atoms with Gasteiger partial charge in [0, 0.05) is 24.6 Å². The normalized spacial score (nSPS) is 17.8. The van der Waals surface area contributed by atoms with E-state index in [0.29, 0.717) is 30.0 Å². The number of rotatable bonds is 5. The second-order valence-electron chi connectivity index (χ2n) is 5.58. The van der Waals surface area contributed by atoms with Gasteiger partial charge in [-0.15, -0.1) is 0 Å². The summed E-state index contributed by atoms with van der Waals surface area (Å²) < 4.78 is 10.3. The summed E-state index contributed by atoms with van der Waals surface area (Å²) in [7, 11) is 3.07. The van der Waals surface area contributed by atoms with E-state index in [1.807, 2.05) is 13.8 Å². The van der Waals surface area contributed by atoms with E-state index in [0.717, 1.165) is 0 Å². The van der Waals surface area contributed by atoms with Gasteiger partial charge in [0.2, 0.25) is 5.91 Å². The lowest BCUT2D eigenvalue weighted by Gasteiger charge is -2.21. The van der Waals surface area contributed by atoms with Crippen LogP contribution in [0.15, 0.2) is 18.2 Å². The van der Waals surface area contributed by atoms with Crippen LogP contribution in [-0.2, 0) is 4.79 Å². The molecule has 2 amide bonds. The summed E-state index contributed by atoms with van der Waals surface area (Å²) in [6.07, 6.45) is 0.344. The number of ether oxygens (including phenoxy) is 2. The van der Waals surface area contributed by atoms with Gasteiger partial charge < -0.3 is 19.7 Å². The lowest BCUT2D eigenvalue weighted by Crippen LogP contribution is -2.38. The van der Waals surface area contributed by atoms with Gasteiger partial charge in [-0.2, -0.15) is 0 Å². The summed E-state index contributed by atoms with van der Waals surface area (Å²) in [6.45, 7) is 4.49. The molecular formula is C16H22N2O4. The van der Waals surface area contributed by atoms with Gasteiger partial charge in [-0.25, -0.2) is 0 Å². The zero-order chi connectivity index (χ0) is 16.3. The smallest absolute Gasteiger partial charge is 0.251 e. The first kappa shape index (κ1) is 16.1. The third-order valence-corrected chi connectivity index (χ3v) is 3.76. The van der Waals surface area contributed by atoms with Crippen molar-refractivity contribution in [1.82, 2.24) is 10.2 Å². The third kappa shape index (κ3) is 3.32. The highest BCUT2D eigenvalue weighted by Crippen LogP contribution is 2.27. The Bertz CT molecular complexity index is 571. The Balaban J connectivity index is 2.06. The van der Waals surface area contributed by atoms with Crippen molar-refractivity contribution in [2.45, 2.75) is 32.4 Å². The molecule has 0 spiro atoms. The maximum atomic E-state index is 12.3. The minimum atomic E-state index is -0.218. The molecule has 1 unspecified atom stereocenters. The van der Waals surface area contributed by atoms with E-state index in [4.69, 9.17) is 9.47 Å². The molecule has 0 saturated carbocycles. The predicted octanol–water partition coefficient (Wildman–Crippen LogP) is 1.44. The Morgan fingerprint density at radius 3 is 2.50 bits per heavy atom. The molecular weight excluding hydrogens is 284 g/mol. The summed E-state index contributed by atoms with van der Waals surface area (Å²) >= 11 is 0. The van der Waals surface area contributed by atoms with Crippen molar-refractivity contribution in [1.29, 1.82) is 0 Å². The van der Waals surface area contributed by atoms with E-state index in [1.165, 1.54) is 7.11 Å². The number of nitrogens with zero attached hydrogens (tertiary/aromatic N) is 1. The molecule has 6 nitrogen and oxygen atoms in total. The average Bonchev–Trinajstić information content (AvgIpc) is 2.87. The molecule has 1 aliphatic heterocycles. The highest BCUT2D eigenvalue weighted by atomic mass is 16.5. The van der Waals surface area contributed by atoms with Gasteiger partial charge >= 0.3 is 0 Å². The zero-order valence-electron chi connectivity index (χ0n) is 13.4. The predicted molar refractivity (Wildman–Crippen MR) is 82.3 cm³/mol. The molecule has 0 aliphatic carbocycles. The largest absolute Gasteiger partial charge is 0.493 e. The maximum absolute atomic E-state index is 12.3. The number of benzene rings is 1. The fraction of sp³-hybridized carbons (Fsp3) is 0.500. The Labute approximate surface area is 130 Å². The van der Waals surface area contributed by atoms with E-state index >= 15 is 0 Å². The summed E-state index contributed by atoms with van der Waals surface area (Å²) in [5, 5.41) is 2.90. The third-order valence-electron chi connectivity index (χ3n) is 3.76. The van der Waals surface area contributed by atoms with Gasteiger partial charge in [-0.3, -0.25) is 9.59 Å². The van der Waals surface area contributed by atoms with Crippen molar-refractivity contribution >= 4 is 11.8 Å². The van der Waals surface area contributed by atoms with Gasteiger partial charge in [0.15, 0.2) is 11.5 Å². The Kier molecular flexibility index (Phi) is 4.90. The zero-order valence-corrected chi connectivity index (χ0v) is 13.4. The molecule has 1 saturated heterocycles. The van der Waals surface area contributed by atoms with Crippen LogP contribution in [0.3, 0.4) is 0 Å². The molecule has 1 fully saturated rings. The van der Waals surface area contributed by atoms with E-state index in [2.05, 4.69) is 5.32 Å². The van der Waals surface area contributed by atoms with Crippen LogP contribution in [0.2, 0.25) is 0 Å². The van der Waals surface area contributed by atoms with Crippen LogP contribution < -0.4 is 14.8 Å². The first-order valence-corrected chi connectivity index (χ1v) is 7.28. The first-order chi connectivity index (χ1) is 10.5. The van der Waals surface area contributed by atoms with Crippen molar-refractivity contribution < 1.29 is 19.1 Å². The molecule has 0 bridgehead atoms. The molecule has 1 aromatic rings. The van der Waals surface area contributed by atoms with Gasteiger partial charge in [0.05, 0.1) is 20.3 Å². The Hall–Kier alpha value is -2.24. The van der Waals surface area contributed by atoms with Crippen molar-refractivity contribution in [2.24, 2.45) is 0 Å². The van der Waals surface area contributed by atoms with Crippen LogP contribution in [0.5, 0.6) is 11.5 Å². The SMILES string of the molecule is COc1ccc(C(=O)NC2CC(=O)N(C(C)C)C2)cc1OC. The molecule has 120 valence electrons. The van der Waals surface area contributed by atoms with Crippen molar-refractivity contribution in [3.05, 3.63) is 23.8 Å². The lowest BCUT2D eigenvalue weighted by molar-refractivity contribution is -0.129. The first-order valence-electron chi connectivity index (χ1n) is 7.28. The molecule has 1 atom stereocenters. The fourth-order valence-electron chi connectivity index (χ4n) is 2.57. The summed E-state index contributed by atoms with van der Waals surface area (Å²) in [4.78, 5) is 26.0. The number of carbonyl (C=O) groups is 2. The number of amides is 2. The molecule has 0 aromatic heterocycles. The van der Waals surface area contributed by atoms with Crippen molar-refractivity contribution in [3.63, 3.8) is 0 Å². The Morgan fingerprint density at radius 1 is 1.27 bits per heavy atom. The van der Waals surface area contributed by atoms with Crippen molar-refractivity contribution in [2.75, 3.05) is 20.8 Å². The van der Waals surface area contributed by atoms with Gasteiger partial charge in [0.25, 0.3) is 5.91 Å². The standard InChI is InChI=1S/C16H22N2O4/c1-10(2)18-9-12(8-15(18)19)17-16(20)11-5-6-13(21-3)14(7-11)22-4/h5-7,10,12H,8-9H2,1-4H3,(H,17,20). The molecule has 6 heteroatoms. The summed E-state index contributed by atoms with van der Waals surface area (Å²) in [6, 6.07) is 4.98. The van der Waals surface area contributed by atoms with Gasteiger partial charge in [-0.05, 0) is 32.0 Å². The fourth-order valence-corrected chi connectivity index (χ4v) is 2.57. The number of hydrogen-bond donors (Lipinski definition) is 1. The number of hydrogen-bond acceptors (Lipinski definition) is 4.